The summed E-state index contributed by atoms with van der Waals surface area (Å²) in [4.78, 5) is 11.4. The first-order valence-electron chi connectivity index (χ1n) is 4.06. The molecule has 13 heavy (non-hydrogen) atoms. The molecule has 1 aliphatic heterocycles. The van der Waals surface area contributed by atoms with Gasteiger partial charge in [0.1, 0.15) is 5.60 Å². The average Bonchev–Trinajstić information content (AvgIpc) is 2.42. The topological polar surface area (TPSA) is 26.3 Å². The van der Waals surface area contributed by atoms with E-state index in [1.165, 1.54) is 0 Å². The summed E-state index contributed by atoms with van der Waals surface area (Å²) in [6.45, 7) is 1.82. The lowest BCUT2D eigenvalue weighted by Gasteiger charge is -2.20. The van der Waals surface area contributed by atoms with Crippen LogP contribution in [0, 0.1) is 0 Å². The second-order valence-corrected chi connectivity index (χ2v) is 3.57. The van der Waals surface area contributed by atoms with Gasteiger partial charge in [-0.1, -0.05) is 18.2 Å². The van der Waals surface area contributed by atoms with E-state index >= 15 is 0 Å². The molecule has 1 aliphatic rings. The maximum Gasteiger partial charge on any atom is 0.339 e. The molecule has 0 spiro atoms. The van der Waals surface area contributed by atoms with Crippen LogP contribution in [0.5, 0.6) is 0 Å². The van der Waals surface area contributed by atoms with Crippen molar-refractivity contribution >= 4 is 17.6 Å². The van der Waals surface area contributed by atoms with Crippen molar-refractivity contribution in [2.24, 2.45) is 0 Å². The molecule has 1 atom stereocenters. The molecule has 0 fully saturated rings. The molecule has 68 valence electrons. The number of carbonyl (C=O) groups is 1. The van der Waals surface area contributed by atoms with Crippen LogP contribution in [0.25, 0.3) is 0 Å². The SMILES string of the molecule is CC1(CCl)OC(=O)c2ccccc21. The second-order valence-electron chi connectivity index (χ2n) is 3.30. The summed E-state index contributed by atoms with van der Waals surface area (Å²) in [6.07, 6.45) is 0. The number of ether oxygens (including phenoxy) is 1. The number of halogens is 1. The van der Waals surface area contributed by atoms with Crippen molar-refractivity contribution in [1.29, 1.82) is 0 Å². The Morgan fingerprint density at radius 3 is 2.85 bits per heavy atom. The molecule has 0 radical (unpaired) electrons. The van der Waals surface area contributed by atoms with Crippen LogP contribution in [0.2, 0.25) is 0 Å². The minimum atomic E-state index is -0.644. The van der Waals surface area contributed by atoms with Gasteiger partial charge in [-0.15, -0.1) is 11.6 Å². The standard InChI is InChI=1S/C10H9ClO2/c1-10(6-11)8-5-3-2-4-7(8)9(12)13-10/h2-5H,6H2,1H3. The Kier molecular flexibility index (Phi) is 1.81. The number of hydrogen-bond donors (Lipinski definition) is 0. The average molecular weight is 197 g/mol. The van der Waals surface area contributed by atoms with Crippen LogP contribution in [-0.2, 0) is 10.3 Å². The smallest absolute Gasteiger partial charge is 0.339 e. The highest BCUT2D eigenvalue weighted by atomic mass is 35.5. The van der Waals surface area contributed by atoms with Crippen molar-refractivity contribution in [2.45, 2.75) is 12.5 Å². The van der Waals surface area contributed by atoms with E-state index in [9.17, 15) is 4.79 Å². The van der Waals surface area contributed by atoms with Gasteiger partial charge in [0.25, 0.3) is 0 Å². The van der Waals surface area contributed by atoms with Gasteiger partial charge in [-0.05, 0) is 13.0 Å². The van der Waals surface area contributed by atoms with Gasteiger partial charge in [-0.3, -0.25) is 0 Å². The van der Waals surface area contributed by atoms with Crippen molar-refractivity contribution < 1.29 is 9.53 Å². The zero-order valence-electron chi connectivity index (χ0n) is 7.21. The number of carbonyl (C=O) groups excluding carboxylic acids is 1. The molecule has 2 rings (SSSR count). The maximum absolute atomic E-state index is 11.4. The number of esters is 1. The number of alkyl halides is 1. The summed E-state index contributed by atoms with van der Waals surface area (Å²) in [5, 5.41) is 0. The van der Waals surface area contributed by atoms with Gasteiger partial charge in [0.05, 0.1) is 11.4 Å². The quantitative estimate of drug-likeness (QED) is 0.509. The van der Waals surface area contributed by atoms with E-state index in [2.05, 4.69) is 0 Å². The Hall–Kier alpha value is -1.02. The largest absolute Gasteiger partial charge is 0.450 e. The molecule has 1 unspecified atom stereocenters. The molecular weight excluding hydrogens is 188 g/mol. The van der Waals surface area contributed by atoms with Gasteiger partial charge < -0.3 is 4.74 Å². The van der Waals surface area contributed by atoms with Gasteiger partial charge in [0.15, 0.2) is 0 Å². The van der Waals surface area contributed by atoms with Crippen LogP contribution in [0.1, 0.15) is 22.8 Å². The van der Waals surface area contributed by atoms with E-state index in [0.29, 0.717) is 5.56 Å². The van der Waals surface area contributed by atoms with Crippen molar-refractivity contribution in [2.75, 3.05) is 5.88 Å². The van der Waals surface area contributed by atoms with Gasteiger partial charge >= 0.3 is 5.97 Å². The monoisotopic (exact) mass is 196 g/mol. The highest BCUT2D eigenvalue weighted by Crippen LogP contribution is 2.36. The molecule has 0 bridgehead atoms. The molecule has 0 aromatic heterocycles. The van der Waals surface area contributed by atoms with E-state index in [4.69, 9.17) is 16.3 Å². The molecule has 3 heteroatoms. The first-order chi connectivity index (χ1) is 6.17. The first kappa shape index (κ1) is 8.57. The van der Waals surface area contributed by atoms with Crippen molar-refractivity contribution in [3.05, 3.63) is 35.4 Å². The molecule has 0 amide bonds. The van der Waals surface area contributed by atoms with Crippen molar-refractivity contribution in [3.63, 3.8) is 0 Å². The number of rotatable bonds is 1. The molecule has 0 aliphatic carbocycles. The van der Waals surface area contributed by atoms with Crippen LogP contribution in [0.4, 0.5) is 0 Å². The predicted octanol–water partition coefficient (Wildman–Crippen LogP) is 2.31. The third-order valence-electron chi connectivity index (χ3n) is 2.29. The van der Waals surface area contributed by atoms with Crippen LogP contribution >= 0.6 is 11.6 Å². The highest BCUT2D eigenvalue weighted by molar-refractivity contribution is 6.19. The molecule has 1 heterocycles. The fraction of sp³-hybridized carbons (Fsp3) is 0.300. The fourth-order valence-electron chi connectivity index (χ4n) is 1.54. The summed E-state index contributed by atoms with van der Waals surface area (Å²) in [6, 6.07) is 7.34. The molecule has 2 nitrogen and oxygen atoms in total. The summed E-state index contributed by atoms with van der Waals surface area (Å²) >= 11 is 5.76. The second kappa shape index (κ2) is 2.74. The Balaban J connectivity index is 2.59. The number of hydrogen-bond acceptors (Lipinski definition) is 2. The first-order valence-corrected chi connectivity index (χ1v) is 4.60. The fourth-order valence-corrected chi connectivity index (χ4v) is 1.73. The lowest BCUT2D eigenvalue weighted by molar-refractivity contribution is 0.0110. The molecular formula is C10H9ClO2. The van der Waals surface area contributed by atoms with Crippen molar-refractivity contribution in [3.8, 4) is 0 Å². The molecule has 0 saturated heterocycles. The molecule has 0 saturated carbocycles. The lowest BCUT2D eigenvalue weighted by Crippen LogP contribution is -2.23. The zero-order valence-corrected chi connectivity index (χ0v) is 7.97. The predicted molar refractivity (Wildman–Crippen MR) is 49.9 cm³/mol. The maximum atomic E-state index is 11.4. The van der Waals surface area contributed by atoms with Crippen LogP contribution in [0.3, 0.4) is 0 Å². The minimum Gasteiger partial charge on any atom is -0.450 e. The Morgan fingerprint density at radius 2 is 2.15 bits per heavy atom. The van der Waals surface area contributed by atoms with Crippen LogP contribution in [-0.4, -0.2) is 11.8 Å². The summed E-state index contributed by atoms with van der Waals surface area (Å²) in [5.74, 6) is 0.00852. The van der Waals surface area contributed by atoms with Crippen LogP contribution < -0.4 is 0 Å². The highest BCUT2D eigenvalue weighted by Gasteiger charge is 2.40. The minimum absolute atomic E-state index is 0.279. The molecule has 1 aromatic carbocycles. The molecule has 1 aromatic rings. The van der Waals surface area contributed by atoms with Gasteiger partial charge in [-0.25, -0.2) is 4.79 Å². The molecule has 0 N–H and O–H groups in total. The van der Waals surface area contributed by atoms with Gasteiger partial charge in [-0.2, -0.15) is 0 Å². The summed E-state index contributed by atoms with van der Waals surface area (Å²) in [7, 11) is 0. The zero-order chi connectivity index (χ0) is 9.47. The van der Waals surface area contributed by atoms with E-state index in [-0.39, 0.29) is 11.8 Å². The Morgan fingerprint density at radius 1 is 1.46 bits per heavy atom. The summed E-state index contributed by atoms with van der Waals surface area (Å²) in [5.41, 5.74) is 0.871. The third kappa shape index (κ3) is 1.13. The lowest BCUT2D eigenvalue weighted by atomic mass is 9.96. The summed E-state index contributed by atoms with van der Waals surface area (Å²) < 4.78 is 5.20. The number of cyclic esters (lactones) is 1. The Labute approximate surface area is 81.5 Å². The van der Waals surface area contributed by atoms with Crippen molar-refractivity contribution in [1.82, 2.24) is 0 Å². The van der Waals surface area contributed by atoms with Gasteiger partial charge in [0.2, 0.25) is 0 Å². The van der Waals surface area contributed by atoms with Crippen LogP contribution in [0.15, 0.2) is 24.3 Å². The third-order valence-corrected chi connectivity index (χ3v) is 2.80. The number of benzene rings is 1. The van der Waals surface area contributed by atoms with E-state index in [0.717, 1.165) is 5.56 Å². The van der Waals surface area contributed by atoms with E-state index < -0.39 is 5.60 Å². The number of fused-ring (bicyclic) bond motifs is 1. The Bertz CT molecular complexity index is 362. The van der Waals surface area contributed by atoms with Gasteiger partial charge in [0, 0.05) is 5.56 Å². The normalized spacial score (nSPS) is 25.5. The van der Waals surface area contributed by atoms with E-state index in [1.807, 2.05) is 25.1 Å². The van der Waals surface area contributed by atoms with E-state index in [1.54, 1.807) is 6.07 Å².